The molecule has 1 aliphatic carbocycles. The fraction of sp³-hybridized carbons (Fsp3) is 0.438. The zero-order valence-corrected chi connectivity index (χ0v) is 14.0. The van der Waals surface area contributed by atoms with Crippen LogP contribution in [0.15, 0.2) is 35.8 Å². The van der Waals surface area contributed by atoms with E-state index in [1.807, 2.05) is 29.6 Å². The van der Waals surface area contributed by atoms with Crippen LogP contribution in [0.1, 0.15) is 37.7 Å². The molecular formula is C16H20N2O2S2. The van der Waals surface area contributed by atoms with Crippen LogP contribution in [0.4, 0.5) is 0 Å². The number of nitrogens with one attached hydrogen (secondary N) is 1. The summed E-state index contributed by atoms with van der Waals surface area (Å²) in [5.41, 5.74) is 1.84. The van der Waals surface area contributed by atoms with E-state index in [0.717, 1.165) is 48.2 Å². The molecule has 0 aromatic carbocycles. The van der Waals surface area contributed by atoms with Crippen LogP contribution < -0.4 is 4.72 Å². The largest absolute Gasteiger partial charge is 0.255 e. The molecule has 6 heteroatoms. The van der Waals surface area contributed by atoms with Crippen LogP contribution >= 0.6 is 11.3 Å². The van der Waals surface area contributed by atoms with Crippen molar-refractivity contribution in [2.24, 2.45) is 0 Å². The predicted octanol–water partition coefficient (Wildman–Crippen LogP) is 3.56. The standard InChI is InChI=1S/C16H20N2O2S2/c19-22(20,14-5-2-1-3-6-14)18-12-13-8-9-17-15(11-13)16-7-4-10-21-16/h4,7-11,14,18H,1-3,5-6,12H2. The Kier molecular flexibility index (Phi) is 4.90. The van der Waals surface area contributed by atoms with E-state index < -0.39 is 10.0 Å². The van der Waals surface area contributed by atoms with Crippen molar-refractivity contribution in [3.05, 3.63) is 41.4 Å². The van der Waals surface area contributed by atoms with Gasteiger partial charge in [0.25, 0.3) is 0 Å². The number of rotatable bonds is 5. The summed E-state index contributed by atoms with van der Waals surface area (Å²) in [4.78, 5) is 5.44. The van der Waals surface area contributed by atoms with E-state index in [0.29, 0.717) is 6.54 Å². The molecule has 2 aromatic rings. The Morgan fingerprint density at radius 2 is 2.05 bits per heavy atom. The minimum Gasteiger partial charge on any atom is -0.255 e. The van der Waals surface area contributed by atoms with Crippen molar-refractivity contribution in [2.45, 2.75) is 43.9 Å². The van der Waals surface area contributed by atoms with Crippen LogP contribution in [-0.2, 0) is 16.6 Å². The van der Waals surface area contributed by atoms with E-state index in [9.17, 15) is 8.42 Å². The third-order valence-electron chi connectivity index (χ3n) is 4.07. The van der Waals surface area contributed by atoms with Crippen molar-refractivity contribution >= 4 is 21.4 Å². The maximum absolute atomic E-state index is 12.3. The van der Waals surface area contributed by atoms with Gasteiger partial charge in [-0.1, -0.05) is 25.3 Å². The third-order valence-corrected chi connectivity index (χ3v) is 6.85. The lowest BCUT2D eigenvalue weighted by Crippen LogP contribution is -2.35. The van der Waals surface area contributed by atoms with E-state index in [4.69, 9.17) is 0 Å². The van der Waals surface area contributed by atoms with E-state index in [1.165, 1.54) is 0 Å². The van der Waals surface area contributed by atoms with Crippen molar-refractivity contribution in [3.8, 4) is 10.6 Å². The number of hydrogen-bond acceptors (Lipinski definition) is 4. The summed E-state index contributed by atoms with van der Waals surface area (Å²) in [5, 5.41) is 1.79. The highest BCUT2D eigenvalue weighted by molar-refractivity contribution is 7.90. The van der Waals surface area contributed by atoms with E-state index in [2.05, 4.69) is 9.71 Å². The Bertz CT molecular complexity index is 706. The van der Waals surface area contributed by atoms with Crippen LogP contribution in [0.3, 0.4) is 0 Å². The van der Waals surface area contributed by atoms with Crippen LogP contribution in [0.5, 0.6) is 0 Å². The average molecular weight is 336 g/mol. The molecule has 2 heterocycles. The molecule has 118 valence electrons. The maximum Gasteiger partial charge on any atom is 0.214 e. The van der Waals surface area contributed by atoms with Crippen LogP contribution in [-0.4, -0.2) is 18.7 Å². The molecule has 0 atom stereocenters. The van der Waals surface area contributed by atoms with Gasteiger partial charge >= 0.3 is 0 Å². The first-order chi connectivity index (χ1) is 10.6. The quantitative estimate of drug-likeness (QED) is 0.908. The number of pyridine rings is 1. The topological polar surface area (TPSA) is 59.1 Å². The lowest BCUT2D eigenvalue weighted by atomic mass is 10.0. The average Bonchev–Trinajstić information content (AvgIpc) is 3.09. The molecule has 22 heavy (non-hydrogen) atoms. The van der Waals surface area contributed by atoms with Gasteiger partial charge in [-0.05, 0) is 42.0 Å². The van der Waals surface area contributed by atoms with Gasteiger partial charge in [-0.2, -0.15) is 0 Å². The van der Waals surface area contributed by atoms with E-state index in [1.54, 1.807) is 17.5 Å². The van der Waals surface area contributed by atoms with E-state index in [-0.39, 0.29) is 5.25 Å². The van der Waals surface area contributed by atoms with Gasteiger partial charge in [-0.15, -0.1) is 11.3 Å². The third kappa shape index (κ3) is 3.74. The molecule has 1 N–H and O–H groups in total. The van der Waals surface area contributed by atoms with Gasteiger partial charge in [0, 0.05) is 12.7 Å². The zero-order valence-electron chi connectivity index (χ0n) is 12.4. The minimum absolute atomic E-state index is 0.222. The second kappa shape index (κ2) is 6.89. The van der Waals surface area contributed by atoms with Crippen LogP contribution in [0, 0.1) is 0 Å². The van der Waals surface area contributed by atoms with Crippen molar-refractivity contribution in [3.63, 3.8) is 0 Å². The molecular weight excluding hydrogens is 316 g/mol. The minimum atomic E-state index is -3.22. The zero-order chi connectivity index (χ0) is 15.4. The highest BCUT2D eigenvalue weighted by Gasteiger charge is 2.26. The first-order valence-corrected chi connectivity index (χ1v) is 10.0. The smallest absolute Gasteiger partial charge is 0.214 e. The van der Waals surface area contributed by atoms with E-state index >= 15 is 0 Å². The molecule has 0 aliphatic heterocycles. The second-order valence-corrected chi connectivity index (χ2v) is 8.65. The highest BCUT2D eigenvalue weighted by Crippen LogP contribution is 2.24. The molecule has 1 saturated carbocycles. The fourth-order valence-corrected chi connectivity index (χ4v) is 5.07. The van der Waals surface area contributed by atoms with Crippen molar-refractivity contribution in [1.82, 2.24) is 9.71 Å². The number of hydrogen-bond donors (Lipinski definition) is 1. The summed E-state index contributed by atoms with van der Waals surface area (Å²) in [6.07, 6.45) is 6.49. The summed E-state index contributed by atoms with van der Waals surface area (Å²) >= 11 is 1.63. The molecule has 0 radical (unpaired) electrons. The monoisotopic (exact) mass is 336 g/mol. The van der Waals surface area contributed by atoms with Gasteiger partial charge in [0.05, 0.1) is 15.8 Å². The second-order valence-electron chi connectivity index (χ2n) is 5.65. The van der Waals surface area contributed by atoms with Crippen LogP contribution in [0.25, 0.3) is 10.6 Å². The molecule has 0 spiro atoms. The number of aromatic nitrogens is 1. The Morgan fingerprint density at radius 1 is 1.23 bits per heavy atom. The normalized spacial score (nSPS) is 16.7. The molecule has 0 unspecified atom stereocenters. The van der Waals surface area contributed by atoms with Gasteiger partial charge in [-0.25, -0.2) is 13.1 Å². The molecule has 0 bridgehead atoms. The number of thiophene rings is 1. The predicted molar refractivity (Wildman–Crippen MR) is 90.2 cm³/mol. The number of nitrogens with zero attached hydrogens (tertiary/aromatic N) is 1. The first kappa shape index (κ1) is 15.6. The molecule has 0 saturated heterocycles. The molecule has 2 aromatic heterocycles. The SMILES string of the molecule is O=S(=O)(NCc1ccnc(-c2cccs2)c1)C1CCCCC1. The highest BCUT2D eigenvalue weighted by atomic mass is 32.2. The summed E-state index contributed by atoms with van der Waals surface area (Å²) in [6.45, 7) is 0.333. The first-order valence-electron chi connectivity index (χ1n) is 7.62. The Labute approximate surface area is 135 Å². The van der Waals surface area contributed by atoms with Gasteiger partial charge in [0.15, 0.2) is 0 Å². The van der Waals surface area contributed by atoms with Crippen molar-refractivity contribution in [2.75, 3.05) is 0 Å². The fourth-order valence-electron chi connectivity index (χ4n) is 2.82. The van der Waals surface area contributed by atoms with Gasteiger partial charge in [-0.3, -0.25) is 4.98 Å². The Balaban J connectivity index is 1.67. The van der Waals surface area contributed by atoms with Crippen molar-refractivity contribution in [1.29, 1.82) is 0 Å². The van der Waals surface area contributed by atoms with Gasteiger partial charge < -0.3 is 0 Å². The van der Waals surface area contributed by atoms with Gasteiger partial charge in [0.1, 0.15) is 0 Å². The molecule has 3 rings (SSSR count). The molecule has 4 nitrogen and oxygen atoms in total. The Morgan fingerprint density at radius 3 is 2.77 bits per heavy atom. The van der Waals surface area contributed by atoms with Gasteiger partial charge in [0.2, 0.25) is 10.0 Å². The summed E-state index contributed by atoms with van der Waals surface area (Å²) < 4.78 is 27.5. The maximum atomic E-state index is 12.3. The summed E-state index contributed by atoms with van der Waals surface area (Å²) in [7, 11) is -3.22. The van der Waals surface area contributed by atoms with Crippen LogP contribution in [0.2, 0.25) is 0 Å². The number of sulfonamides is 1. The van der Waals surface area contributed by atoms with Crippen molar-refractivity contribution < 1.29 is 8.42 Å². The molecule has 1 fully saturated rings. The molecule has 0 amide bonds. The lowest BCUT2D eigenvalue weighted by molar-refractivity contribution is 0.477. The summed E-state index contributed by atoms with van der Waals surface area (Å²) in [5.74, 6) is 0. The molecule has 1 aliphatic rings. The lowest BCUT2D eigenvalue weighted by Gasteiger charge is -2.22. The summed E-state index contributed by atoms with van der Waals surface area (Å²) in [6, 6.07) is 7.82. The Hall–Kier alpha value is -1.24.